The van der Waals surface area contributed by atoms with Gasteiger partial charge in [0.1, 0.15) is 11.6 Å². The van der Waals surface area contributed by atoms with Gasteiger partial charge in [-0.15, -0.1) is 0 Å². The maximum atomic E-state index is 13.8. The molecule has 1 unspecified atom stereocenters. The second-order valence-corrected chi connectivity index (χ2v) is 8.81. The van der Waals surface area contributed by atoms with Gasteiger partial charge in [0.25, 0.3) is 5.91 Å². The summed E-state index contributed by atoms with van der Waals surface area (Å²) < 4.78 is 24.4. The maximum Gasteiger partial charge on any atom is 0.337 e. The number of amides is 1. The Morgan fingerprint density at radius 2 is 1.89 bits per heavy atom. The van der Waals surface area contributed by atoms with Gasteiger partial charge >= 0.3 is 5.97 Å². The number of ether oxygens (including phenoxy) is 1. The number of anilines is 1. The molecule has 1 amide bonds. The first kappa shape index (κ1) is 22.5. The third-order valence-electron chi connectivity index (χ3n) is 5.61. The van der Waals surface area contributed by atoms with Crippen LogP contribution >= 0.6 is 11.3 Å². The van der Waals surface area contributed by atoms with E-state index in [4.69, 9.17) is 9.15 Å². The molecule has 1 aliphatic rings. The molecule has 0 aliphatic carbocycles. The van der Waals surface area contributed by atoms with E-state index < -0.39 is 35.3 Å². The highest BCUT2D eigenvalue weighted by Gasteiger charge is 2.46. The summed E-state index contributed by atoms with van der Waals surface area (Å²) in [5.74, 6) is -2.80. The molecule has 0 saturated carbocycles. The molecule has 1 atom stereocenters. The van der Waals surface area contributed by atoms with Crippen molar-refractivity contribution in [1.29, 1.82) is 0 Å². The fourth-order valence-electron chi connectivity index (χ4n) is 3.95. The number of thiazole rings is 1. The molecular weight excluding hydrogens is 475 g/mol. The normalized spacial score (nSPS) is 15.8. The highest BCUT2D eigenvalue weighted by molar-refractivity contribution is 7.22. The molecule has 5 rings (SSSR count). The number of ketones is 1. The Morgan fingerprint density at radius 3 is 2.54 bits per heavy atom. The molecular formula is C25H17FN2O6S. The van der Waals surface area contributed by atoms with Gasteiger partial charge in [0.15, 0.2) is 16.7 Å². The van der Waals surface area contributed by atoms with Crippen LogP contribution in [0, 0.1) is 12.7 Å². The molecule has 1 N–H and O–H groups in total. The summed E-state index contributed by atoms with van der Waals surface area (Å²) in [6.07, 6.45) is 0. The number of aliphatic hydroxyl groups is 1. The van der Waals surface area contributed by atoms with Crippen LogP contribution in [0.3, 0.4) is 0 Å². The lowest BCUT2D eigenvalue weighted by atomic mass is 9.94. The third kappa shape index (κ3) is 3.77. The summed E-state index contributed by atoms with van der Waals surface area (Å²) in [5, 5.41) is 11.0. The Balaban J connectivity index is 1.66. The van der Waals surface area contributed by atoms with Gasteiger partial charge in [-0.05, 0) is 55.0 Å². The second-order valence-electron chi connectivity index (χ2n) is 7.80. The van der Waals surface area contributed by atoms with Crippen LogP contribution in [0.25, 0.3) is 10.2 Å². The van der Waals surface area contributed by atoms with Gasteiger partial charge in [0, 0.05) is 0 Å². The summed E-state index contributed by atoms with van der Waals surface area (Å²) in [7, 11) is 1.26. The number of Topliss-reactive ketones (excluding diaryl/α,β-unsaturated/α-hetero) is 1. The highest BCUT2D eigenvalue weighted by Crippen LogP contribution is 2.44. The summed E-state index contributed by atoms with van der Waals surface area (Å²) in [5.41, 5.74) is 0.970. The van der Waals surface area contributed by atoms with E-state index in [1.807, 2.05) is 0 Å². The zero-order valence-corrected chi connectivity index (χ0v) is 19.3. The molecule has 1 aliphatic heterocycles. The van der Waals surface area contributed by atoms with Crippen LogP contribution in [-0.2, 0) is 9.53 Å². The van der Waals surface area contributed by atoms with Crippen LogP contribution in [0.5, 0.6) is 0 Å². The van der Waals surface area contributed by atoms with E-state index in [9.17, 15) is 23.9 Å². The van der Waals surface area contributed by atoms with E-state index in [1.54, 1.807) is 25.1 Å². The monoisotopic (exact) mass is 492 g/mol. The average Bonchev–Trinajstić information content (AvgIpc) is 3.54. The van der Waals surface area contributed by atoms with Crippen molar-refractivity contribution in [3.8, 4) is 0 Å². The number of aliphatic hydroxyl groups excluding tert-OH is 1. The molecule has 0 radical (unpaired) electrons. The Bertz CT molecular complexity index is 1540. The average molecular weight is 492 g/mol. The molecule has 0 fully saturated rings. The number of halogens is 1. The molecule has 8 nitrogen and oxygen atoms in total. The molecule has 35 heavy (non-hydrogen) atoms. The number of carbonyl (C=O) groups is 3. The number of aryl methyl sites for hydroxylation is 1. The molecule has 2 aromatic heterocycles. The van der Waals surface area contributed by atoms with Crippen molar-refractivity contribution in [1.82, 2.24) is 4.98 Å². The molecule has 2 aromatic carbocycles. The number of fused-ring (bicyclic) bond motifs is 1. The van der Waals surface area contributed by atoms with E-state index in [-0.39, 0.29) is 22.0 Å². The molecule has 4 aromatic rings. The van der Waals surface area contributed by atoms with Gasteiger partial charge in [-0.25, -0.2) is 14.2 Å². The van der Waals surface area contributed by atoms with Crippen LogP contribution in [0.1, 0.15) is 38.3 Å². The van der Waals surface area contributed by atoms with Crippen LogP contribution < -0.4 is 4.90 Å². The number of furan rings is 1. The summed E-state index contributed by atoms with van der Waals surface area (Å²) in [4.78, 5) is 44.1. The first-order chi connectivity index (χ1) is 16.8. The lowest BCUT2D eigenvalue weighted by molar-refractivity contribution is -0.117. The standard InChI is InChI=1S/C25H17FN2O6S/c1-12-3-10-17(34-12)21(29)19-20(13-4-6-14(7-5-13)24(32)33-2)28(23(31)22(19)30)25-27-16-9-8-15(26)11-18(16)35-25/h3-11,20,30H,1-2H3. The van der Waals surface area contributed by atoms with Crippen molar-refractivity contribution >= 4 is 44.3 Å². The molecule has 0 bridgehead atoms. The second kappa shape index (κ2) is 8.48. The number of hydrogen-bond acceptors (Lipinski definition) is 8. The van der Waals surface area contributed by atoms with E-state index in [1.165, 1.54) is 48.4 Å². The lowest BCUT2D eigenvalue weighted by Gasteiger charge is -2.24. The number of benzene rings is 2. The van der Waals surface area contributed by atoms with Gasteiger partial charge in [-0.2, -0.15) is 0 Å². The number of carbonyl (C=O) groups excluding carboxylic acids is 3. The van der Waals surface area contributed by atoms with Gasteiger partial charge in [-0.1, -0.05) is 23.5 Å². The number of rotatable bonds is 5. The maximum absolute atomic E-state index is 13.8. The number of esters is 1. The highest BCUT2D eigenvalue weighted by atomic mass is 32.1. The number of nitrogens with zero attached hydrogens (tertiary/aromatic N) is 2. The van der Waals surface area contributed by atoms with Crippen LogP contribution in [0.2, 0.25) is 0 Å². The SMILES string of the molecule is COC(=O)c1ccc(C2C(C(=O)c3ccc(C)o3)=C(O)C(=O)N2c2nc3ccc(F)cc3s2)cc1. The van der Waals surface area contributed by atoms with E-state index in [2.05, 4.69) is 4.98 Å². The molecule has 0 saturated heterocycles. The predicted octanol–water partition coefficient (Wildman–Crippen LogP) is 4.91. The van der Waals surface area contributed by atoms with Crippen molar-refractivity contribution in [3.63, 3.8) is 0 Å². The molecule has 3 heterocycles. The Morgan fingerprint density at radius 1 is 1.14 bits per heavy atom. The van der Waals surface area contributed by atoms with Gasteiger partial charge < -0.3 is 14.3 Å². The van der Waals surface area contributed by atoms with Crippen LogP contribution in [-0.4, -0.2) is 34.9 Å². The summed E-state index contributed by atoms with van der Waals surface area (Å²) >= 11 is 1.05. The Hall–Kier alpha value is -4.31. The van der Waals surface area contributed by atoms with Crippen molar-refractivity contribution in [2.75, 3.05) is 12.0 Å². The number of aromatic nitrogens is 1. The van der Waals surface area contributed by atoms with Gasteiger partial charge in [0.2, 0.25) is 5.78 Å². The number of hydrogen-bond donors (Lipinski definition) is 1. The molecule has 176 valence electrons. The zero-order chi connectivity index (χ0) is 24.9. The van der Waals surface area contributed by atoms with Crippen molar-refractivity contribution < 1.29 is 33.0 Å². The minimum atomic E-state index is -1.07. The van der Waals surface area contributed by atoms with E-state index in [0.717, 1.165) is 11.3 Å². The fourth-order valence-corrected chi connectivity index (χ4v) is 4.96. The lowest BCUT2D eigenvalue weighted by Crippen LogP contribution is -2.31. The topological polar surface area (TPSA) is 110 Å². The minimum absolute atomic E-state index is 0.0405. The summed E-state index contributed by atoms with van der Waals surface area (Å²) in [6.45, 7) is 1.67. The smallest absolute Gasteiger partial charge is 0.337 e. The van der Waals surface area contributed by atoms with Gasteiger partial charge in [-0.3, -0.25) is 14.5 Å². The van der Waals surface area contributed by atoms with Gasteiger partial charge in [0.05, 0.1) is 34.5 Å². The van der Waals surface area contributed by atoms with Crippen molar-refractivity contribution in [2.45, 2.75) is 13.0 Å². The fraction of sp³-hybridized carbons (Fsp3) is 0.120. The first-order valence-electron chi connectivity index (χ1n) is 10.4. The van der Waals surface area contributed by atoms with E-state index >= 15 is 0 Å². The molecule has 10 heteroatoms. The van der Waals surface area contributed by atoms with Crippen molar-refractivity contribution in [2.24, 2.45) is 0 Å². The van der Waals surface area contributed by atoms with Crippen LogP contribution in [0.15, 0.2) is 70.3 Å². The molecule has 0 spiro atoms. The zero-order valence-electron chi connectivity index (χ0n) is 18.4. The Labute approximate surface area is 201 Å². The van der Waals surface area contributed by atoms with Crippen LogP contribution in [0.4, 0.5) is 9.52 Å². The largest absolute Gasteiger partial charge is 0.503 e. The van der Waals surface area contributed by atoms with Crippen molar-refractivity contribution in [3.05, 3.63) is 94.4 Å². The van der Waals surface area contributed by atoms with E-state index in [0.29, 0.717) is 21.5 Å². The Kier molecular flexibility index (Phi) is 5.45. The summed E-state index contributed by atoms with van der Waals surface area (Å²) in [6, 6.07) is 12.1. The predicted molar refractivity (Wildman–Crippen MR) is 125 cm³/mol. The quantitative estimate of drug-likeness (QED) is 0.311. The number of methoxy groups -OCH3 is 1. The third-order valence-corrected chi connectivity index (χ3v) is 6.63. The first-order valence-corrected chi connectivity index (χ1v) is 11.2. The minimum Gasteiger partial charge on any atom is -0.503 e.